The Morgan fingerprint density at radius 2 is 1.81 bits per heavy atom. The Morgan fingerprint density at radius 3 is 2.48 bits per heavy atom. The summed E-state index contributed by atoms with van der Waals surface area (Å²) < 4.78 is 1.76. The third-order valence-electron chi connectivity index (χ3n) is 4.53. The number of nitrogens with one attached hydrogen (secondary N) is 1. The molecule has 1 amide bonds. The van der Waals surface area contributed by atoms with Crippen molar-refractivity contribution in [3.63, 3.8) is 0 Å². The zero-order valence-corrected chi connectivity index (χ0v) is 15.7. The van der Waals surface area contributed by atoms with E-state index in [1.807, 2.05) is 42.5 Å². The van der Waals surface area contributed by atoms with Crippen LogP contribution in [0.1, 0.15) is 35.7 Å². The van der Waals surface area contributed by atoms with Gasteiger partial charge in [0.15, 0.2) is 0 Å². The number of aryl methyl sites for hydroxylation is 1. The molecule has 1 heterocycles. The van der Waals surface area contributed by atoms with Crippen molar-refractivity contribution in [3.8, 4) is 16.9 Å². The van der Waals surface area contributed by atoms with Crippen LogP contribution in [0.25, 0.3) is 16.9 Å². The van der Waals surface area contributed by atoms with Gasteiger partial charge in [-0.15, -0.1) is 0 Å². The van der Waals surface area contributed by atoms with Crippen molar-refractivity contribution in [1.82, 2.24) is 15.1 Å². The average Bonchev–Trinajstić information content (AvgIpc) is 3.17. The molecule has 0 saturated heterocycles. The summed E-state index contributed by atoms with van der Waals surface area (Å²) in [5.41, 5.74) is 9.91. The molecule has 0 aliphatic carbocycles. The van der Waals surface area contributed by atoms with Gasteiger partial charge in [-0.3, -0.25) is 4.79 Å². The maximum Gasteiger partial charge on any atom is 0.255 e. The molecule has 5 heteroatoms. The lowest BCUT2D eigenvalue weighted by atomic mass is 10.0. The second kappa shape index (κ2) is 9.14. The van der Waals surface area contributed by atoms with E-state index in [4.69, 9.17) is 10.8 Å². The molecule has 0 radical (unpaired) electrons. The van der Waals surface area contributed by atoms with Gasteiger partial charge in [-0.2, -0.15) is 5.10 Å². The van der Waals surface area contributed by atoms with Gasteiger partial charge in [0.25, 0.3) is 5.91 Å². The van der Waals surface area contributed by atoms with Crippen LogP contribution in [0.5, 0.6) is 0 Å². The predicted octanol–water partition coefficient (Wildman–Crippen LogP) is 3.57. The summed E-state index contributed by atoms with van der Waals surface area (Å²) in [4.78, 5) is 12.8. The first-order chi connectivity index (χ1) is 13.2. The smallest absolute Gasteiger partial charge is 0.255 e. The molecule has 0 bridgehead atoms. The first-order valence-corrected chi connectivity index (χ1v) is 9.45. The van der Waals surface area contributed by atoms with Crippen LogP contribution < -0.4 is 11.1 Å². The van der Waals surface area contributed by atoms with Crippen molar-refractivity contribution in [2.24, 2.45) is 5.73 Å². The Labute approximate surface area is 160 Å². The molecule has 2 aromatic carbocycles. The van der Waals surface area contributed by atoms with Crippen LogP contribution in [0.15, 0.2) is 60.8 Å². The summed E-state index contributed by atoms with van der Waals surface area (Å²) >= 11 is 0. The fourth-order valence-corrected chi connectivity index (χ4v) is 2.93. The number of carbonyl (C=O) groups is 1. The fourth-order valence-electron chi connectivity index (χ4n) is 2.93. The SMILES string of the molecule is CCc1ccc(-c2nn(-c3ccccc3)cc2C(=O)NCCCCN)cc1. The zero-order chi connectivity index (χ0) is 19.1. The number of nitrogens with two attached hydrogens (primary N) is 1. The summed E-state index contributed by atoms with van der Waals surface area (Å²) in [7, 11) is 0. The van der Waals surface area contributed by atoms with Gasteiger partial charge < -0.3 is 11.1 Å². The van der Waals surface area contributed by atoms with Crippen molar-refractivity contribution >= 4 is 5.91 Å². The molecule has 140 valence electrons. The molecule has 3 N–H and O–H groups in total. The minimum atomic E-state index is -0.108. The lowest BCUT2D eigenvalue weighted by Gasteiger charge is -2.05. The van der Waals surface area contributed by atoms with E-state index in [1.54, 1.807) is 10.9 Å². The Morgan fingerprint density at radius 1 is 1.07 bits per heavy atom. The average molecular weight is 362 g/mol. The maximum absolute atomic E-state index is 12.8. The molecule has 0 unspecified atom stereocenters. The Hall–Kier alpha value is -2.92. The highest BCUT2D eigenvalue weighted by Crippen LogP contribution is 2.24. The standard InChI is InChI=1S/C22H26N4O/c1-2-17-10-12-18(13-11-17)21-20(22(27)24-15-7-6-14-23)16-26(25-21)19-8-4-3-5-9-19/h3-5,8-13,16H,2,6-7,14-15,23H2,1H3,(H,24,27). The molecule has 0 saturated carbocycles. The van der Waals surface area contributed by atoms with E-state index in [1.165, 1.54) is 5.56 Å². The number of aromatic nitrogens is 2. The topological polar surface area (TPSA) is 72.9 Å². The van der Waals surface area contributed by atoms with Gasteiger partial charge in [0.05, 0.1) is 11.3 Å². The maximum atomic E-state index is 12.8. The lowest BCUT2D eigenvalue weighted by Crippen LogP contribution is -2.25. The normalized spacial score (nSPS) is 10.7. The third-order valence-corrected chi connectivity index (χ3v) is 4.53. The first-order valence-electron chi connectivity index (χ1n) is 9.45. The van der Waals surface area contributed by atoms with Crippen molar-refractivity contribution < 1.29 is 4.79 Å². The summed E-state index contributed by atoms with van der Waals surface area (Å²) in [5, 5.41) is 7.69. The van der Waals surface area contributed by atoms with Crippen molar-refractivity contribution in [1.29, 1.82) is 0 Å². The monoisotopic (exact) mass is 362 g/mol. The molecule has 0 fully saturated rings. The number of hydrogen-bond donors (Lipinski definition) is 2. The molecule has 27 heavy (non-hydrogen) atoms. The van der Waals surface area contributed by atoms with E-state index in [0.717, 1.165) is 30.5 Å². The van der Waals surface area contributed by atoms with Gasteiger partial charge in [-0.05, 0) is 43.5 Å². The molecule has 0 atom stereocenters. The molecule has 5 nitrogen and oxygen atoms in total. The van der Waals surface area contributed by atoms with Crippen LogP contribution >= 0.6 is 0 Å². The van der Waals surface area contributed by atoms with Crippen molar-refractivity contribution in [3.05, 3.63) is 71.9 Å². The summed E-state index contributed by atoms with van der Waals surface area (Å²) in [5.74, 6) is -0.108. The summed E-state index contributed by atoms with van der Waals surface area (Å²) in [6.07, 6.45) is 4.55. The van der Waals surface area contributed by atoms with Crippen LogP contribution in [0.2, 0.25) is 0 Å². The Kier molecular flexibility index (Phi) is 6.39. The van der Waals surface area contributed by atoms with Gasteiger partial charge in [0, 0.05) is 18.3 Å². The van der Waals surface area contributed by atoms with Crippen LogP contribution in [-0.2, 0) is 6.42 Å². The minimum absolute atomic E-state index is 0.108. The fraction of sp³-hybridized carbons (Fsp3) is 0.273. The van der Waals surface area contributed by atoms with Crippen LogP contribution in [0, 0.1) is 0 Å². The Bertz CT molecular complexity index is 869. The molecule has 0 aliphatic rings. The zero-order valence-electron chi connectivity index (χ0n) is 15.7. The number of nitrogens with zero attached hydrogens (tertiary/aromatic N) is 2. The van der Waals surface area contributed by atoms with E-state index < -0.39 is 0 Å². The molecule has 3 rings (SSSR count). The van der Waals surface area contributed by atoms with Crippen LogP contribution in [0.3, 0.4) is 0 Å². The van der Waals surface area contributed by atoms with Crippen molar-refractivity contribution in [2.45, 2.75) is 26.2 Å². The molecule has 3 aromatic rings. The quantitative estimate of drug-likeness (QED) is 0.602. The number of hydrogen-bond acceptors (Lipinski definition) is 3. The summed E-state index contributed by atoms with van der Waals surface area (Å²) in [6.45, 7) is 3.37. The highest BCUT2D eigenvalue weighted by atomic mass is 16.1. The number of carbonyl (C=O) groups excluding carboxylic acids is 1. The van der Waals surface area contributed by atoms with Crippen LogP contribution in [0.4, 0.5) is 0 Å². The van der Waals surface area contributed by atoms with Gasteiger partial charge in [-0.25, -0.2) is 4.68 Å². The number of amides is 1. The first kappa shape index (κ1) is 18.9. The second-order valence-electron chi connectivity index (χ2n) is 6.47. The highest BCUT2D eigenvalue weighted by Gasteiger charge is 2.18. The van der Waals surface area contributed by atoms with E-state index in [9.17, 15) is 4.79 Å². The molecule has 0 aliphatic heterocycles. The van der Waals surface area contributed by atoms with Crippen molar-refractivity contribution in [2.75, 3.05) is 13.1 Å². The number of para-hydroxylation sites is 1. The highest BCUT2D eigenvalue weighted by molar-refractivity contribution is 5.99. The van der Waals surface area contributed by atoms with Crippen LogP contribution in [-0.4, -0.2) is 28.8 Å². The minimum Gasteiger partial charge on any atom is -0.352 e. The molecule has 1 aromatic heterocycles. The van der Waals surface area contributed by atoms with E-state index in [2.05, 4.69) is 24.4 Å². The van der Waals surface area contributed by atoms with E-state index >= 15 is 0 Å². The van der Waals surface area contributed by atoms with Gasteiger partial charge in [-0.1, -0.05) is 49.4 Å². The predicted molar refractivity (Wildman–Crippen MR) is 109 cm³/mol. The molecular formula is C22H26N4O. The lowest BCUT2D eigenvalue weighted by molar-refractivity contribution is 0.0953. The Balaban J connectivity index is 1.93. The van der Waals surface area contributed by atoms with Gasteiger partial charge in [0.1, 0.15) is 5.69 Å². The number of rotatable bonds is 8. The largest absolute Gasteiger partial charge is 0.352 e. The van der Waals surface area contributed by atoms with E-state index in [-0.39, 0.29) is 5.91 Å². The number of unbranched alkanes of at least 4 members (excludes halogenated alkanes) is 1. The summed E-state index contributed by atoms with van der Waals surface area (Å²) in [6, 6.07) is 18.0. The third kappa shape index (κ3) is 4.63. The second-order valence-corrected chi connectivity index (χ2v) is 6.47. The molecular weight excluding hydrogens is 336 g/mol. The van der Waals surface area contributed by atoms with Gasteiger partial charge in [0.2, 0.25) is 0 Å². The number of benzene rings is 2. The van der Waals surface area contributed by atoms with Gasteiger partial charge >= 0.3 is 0 Å². The van der Waals surface area contributed by atoms with E-state index in [0.29, 0.717) is 24.3 Å². The molecule has 0 spiro atoms.